The van der Waals surface area contributed by atoms with Gasteiger partial charge < -0.3 is 14.8 Å². The van der Waals surface area contributed by atoms with Crippen molar-refractivity contribution in [2.75, 3.05) is 26.3 Å². The third-order valence-corrected chi connectivity index (χ3v) is 2.77. The van der Waals surface area contributed by atoms with Crippen molar-refractivity contribution in [3.8, 4) is 0 Å². The maximum Gasteiger partial charge on any atom is 0.123 e. The molecule has 0 amide bonds. The molecule has 0 heterocycles. The van der Waals surface area contributed by atoms with Gasteiger partial charge in [-0.3, -0.25) is 0 Å². The Kier molecular flexibility index (Phi) is 7.63. The highest BCUT2D eigenvalue weighted by atomic mass is 19.1. The first-order valence-electron chi connectivity index (χ1n) is 6.86. The molecule has 3 nitrogen and oxygen atoms in total. The van der Waals surface area contributed by atoms with Crippen molar-refractivity contribution in [3.63, 3.8) is 0 Å². The van der Waals surface area contributed by atoms with Gasteiger partial charge in [-0.2, -0.15) is 0 Å². The SMILES string of the molecule is CCNCC(OC(C)COCC)c1ccc(F)cc1. The van der Waals surface area contributed by atoms with Gasteiger partial charge in [0.25, 0.3) is 0 Å². The van der Waals surface area contributed by atoms with E-state index in [1.807, 2.05) is 20.8 Å². The molecule has 0 spiro atoms. The van der Waals surface area contributed by atoms with E-state index in [1.54, 1.807) is 12.1 Å². The standard InChI is InChI=1S/C15H24FNO2/c1-4-17-10-15(19-12(3)11-18-5-2)13-6-8-14(16)9-7-13/h6-9,12,15,17H,4-5,10-11H2,1-3H3. The van der Waals surface area contributed by atoms with Gasteiger partial charge in [-0.05, 0) is 38.1 Å². The van der Waals surface area contributed by atoms with E-state index in [0.29, 0.717) is 19.8 Å². The summed E-state index contributed by atoms with van der Waals surface area (Å²) in [4.78, 5) is 0. The smallest absolute Gasteiger partial charge is 0.123 e. The van der Waals surface area contributed by atoms with Crippen LogP contribution in [0.25, 0.3) is 0 Å². The number of rotatable bonds is 9. The molecular weight excluding hydrogens is 245 g/mol. The van der Waals surface area contributed by atoms with Gasteiger partial charge in [0.15, 0.2) is 0 Å². The Morgan fingerprint density at radius 3 is 2.47 bits per heavy atom. The minimum atomic E-state index is -0.228. The third kappa shape index (κ3) is 6.14. The molecule has 0 bridgehead atoms. The molecule has 4 heteroatoms. The second-order valence-electron chi connectivity index (χ2n) is 4.45. The van der Waals surface area contributed by atoms with E-state index in [2.05, 4.69) is 5.32 Å². The van der Waals surface area contributed by atoms with Gasteiger partial charge in [-0.15, -0.1) is 0 Å². The summed E-state index contributed by atoms with van der Waals surface area (Å²) in [5.41, 5.74) is 0.977. The van der Waals surface area contributed by atoms with E-state index < -0.39 is 0 Å². The van der Waals surface area contributed by atoms with Crippen LogP contribution >= 0.6 is 0 Å². The minimum absolute atomic E-state index is 0.00802. The molecule has 0 aliphatic carbocycles. The maximum atomic E-state index is 13.0. The van der Waals surface area contributed by atoms with Crippen molar-refractivity contribution in [1.82, 2.24) is 5.32 Å². The number of nitrogens with one attached hydrogen (secondary N) is 1. The predicted molar refractivity (Wildman–Crippen MR) is 74.7 cm³/mol. The van der Waals surface area contributed by atoms with Gasteiger partial charge in [0.2, 0.25) is 0 Å². The van der Waals surface area contributed by atoms with Crippen molar-refractivity contribution < 1.29 is 13.9 Å². The molecule has 2 unspecified atom stereocenters. The van der Waals surface area contributed by atoms with Gasteiger partial charge in [-0.1, -0.05) is 19.1 Å². The third-order valence-electron chi connectivity index (χ3n) is 2.77. The normalized spacial score (nSPS) is 14.3. The second kappa shape index (κ2) is 9.02. The lowest BCUT2D eigenvalue weighted by Gasteiger charge is -2.23. The lowest BCUT2D eigenvalue weighted by atomic mass is 10.1. The summed E-state index contributed by atoms with van der Waals surface area (Å²) in [6.45, 7) is 8.83. The van der Waals surface area contributed by atoms with Crippen LogP contribution in [0.5, 0.6) is 0 Å². The quantitative estimate of drug-likeness (QED) is 0.747. The van der Waals surface area contributed by atoms with Gasteiger partial charge in [0, 0.05) is 13.2 Å². The van der Waals surface area contributed by atoms with Crippen molar-refractivity contribution >= 4 is 0 Å². The molecule has 0 aliphatic heterocycles. The summed E-state index contributed by atoms with van der Waals surface area (Å²) in [5, 5.41) is 3.26. The number of hydrogen-bond donors (Lipinski definition) is 1. The first-order valence-corrected chi connectivity index (χ1v) is 6.86. The highest BCUT2D eigenvalue weighted by molar-refractivity contribution is 5.19. The summed E-state index contributed by atoms with van der Waals surface area (Å²) >= 11 is 0. The number of benzene rings is 1. The van der Waals surface area contributed by atoms with Crippen molar-refractivity contribution in [3.05, 3.63) is 35.6 Å². The largest absolute Gasteiger partial charge is 0.379 e. The molecule has 1 rings (SSSR count). The van der Waals surface area contributed by atoms with Crippen LogP contribution in [-0.2, 0) is 9.47 Å². The van der Waals surface area contributed by atoms with E-state index >= 15 is 0 Å². The molecule has 0 saturated heterocycles. The fourth-order valence-electron chi connectivity index (χ4n) is 1.80. The molecule has 0 saturated carbocycles. The van der Waals surface area contributed by atoms with Gasteiger partial charge >= 0.3 is 0 Å². The molecule has 108 valence electrons. The van der Waals surface area contributed by atoms with Gasteiger partial charge in [0.05, 0.1) is 18.8 Å². The van der Waals surface area contributed by atoms with E-state index in [4.69, 9.17) is 9.47 Å². The molecule has 0 aromatic heterocycles. The zero-order valence-electron chi connectivity index (χ0n) is 12.0. The average Bonchev–Trinajstić information content (AvgIpc) is 2.42. The molecule has 2 atom stereocenters. The van der Waals surface area contributed by atoms with Crippen LogP contribution in [0.1, 0.15) is 32.4 Å². The van der Waals surface area contributed by atoms with Crippen LogP contribution in [0.2, 0.25) is 0 Å². The number of likely N-dealkylation sites (N-methyl/N-ethyl adjacent to an activating group) is 1. The van der Waals surface area contributed by atoms with Crippen LogP contribution in [0, 0.1) is 5.82 Å². The first-order chi connectivity index (χ1) is 9.17. The highest BCUT2D eigenvalue weighted by Gasteiger charge is 2.15. The number of hydrogen-bond acceptors (Lipinski definition) is 3. The molecule has 0 aliphatic rings. The molecule has 0 radical (unpaired) electrons. The summed E-state index contributed by atoms with van der Waals surface area (Å²) in [7, 11) is 0. The first kappa shape index (κ1) is 16.1. The van der Waals surface area contributed by atoms with E-state index in [9.17, 15) is 4.39 Å². The Labute approximate surface area is 115 Å². The Balaban J connectivity index is 2.62. The summed E-state index contributed by atoms with van der Waals surface area (Å²) in [6.07, 6.45) is -0.0790. The Bertz CT molecular complexity index is 343. The summed E-state index contributed by atoms with van der Waals surface area (Å²) < 4.78 is 24.3. The summed E-state index contributed by atoms with van der Waals surface area (Å²) in [6, 6.07) is 6.46. The Hall–Kier alpha value is -0.970. The van der Waals surface area contributed by atoms with E-state index in [-0.39, 0.29) is 18.0 Å². The lowest BCUT2D eigenvalue weighted by Crippen LogP contribution is -2.27. The van der Waals surface area contributed by atoms with E-state index in [0.717, 1.165) is 12.1 Å². The van der Waals surface area contributed by atoms with Crippen LogP contribution in [0.15, 0.2) is 24.3 Å². The van der Waals surface area contributed by atoms with Gasteiger partial charge in [0.1, 0.15) is 5.82 Å². The fraction of sp³-hybridized carbons (Fsp3) is 0.600. The Morgan fingerprint density at radius 2 is 1.89 bits per heavy atom. The summed E-state index contributed by atoms with van der Waals surface area (Å²) in [5.74, 6) is -0.228. The van der Waals surface area contributed by atoms with Gasteiger partial charge in [-0.25, -0.2) is 4.39 Å². The topological polar surface area (TPSA) is 30.5 Å². The monoisotopic (exact) mass is 269 g/mol. The molecule has 1 aromatic rings. The van der Waals surface area contributed by atoms with Crippen molar-refractivity contribution in [2.24, 2.45) is 0 Å². The van der Waals surface area contributed by atoms with Crippen LogP contribution in [0.4, 0.5) is 4.39 Å². The molecule has 1 N–H and O–H groups in total. The lowest BCUT2D eigenvalue weighted by molar-refractivity contribution is -0.0468. The average molecular weight is 269 g/mol. The van der Waals surface area contributed by atoms with Crippen LogP contribution in [0.3, 0.4) is 0 Å². The number of halogens is 1. The van der Waals surface area contributed by atoms with Crippen molar-refractivity contribution in [2.45, 2.75) is 33.0 Å². The van der Waals surface area contributed by atoms with Crippen LogP contribution < -0.4 is 5.32 Å². The molecule has 0 fully saturated rings. The van der Waals surface area contributed by atoms with E-state index in [1.165, 1.54) is 12.1 Å². The molecule has 1 aromatic carbocycles. The highest BCUT2D eigenvalue weighted by Crippen LogP contribution is 2.19. The fourth-order valence-corrected chi connectivity index (χ4v) is 1.80. The maximum absolute atomic E-state index is 13.0. The second-order valence-corrected chi connectivity index (χ2v) is 4.45. The van der Waals surface area contributed by atoms with Crippen molar-refractivity contribution in [1.29, 1.82) is 0 Å². The zero-order chi connectivity index (χ0) is 14.1. The minimum Gasteiger partial charge on any atom is -0.379 e. The molecular formula is C15H24FNO2. The number of ether oxygens (including phenoxy) is 2. The Morgan fingerprint density at radius 1 is 1.21 bits per heavy atom. The zero-order valence-corrected chi connectivity index (χ0v) is 12.0. The molecule has 19 heavy (non-hydrogen) atoms. The predicted octanol–water partition coefficient (Wildman–Crippen LogP) is 2.92. The van der Waals surface area contributed by atoms with Crippen LogP contribution in [-0.4, -0.2) is 32.4 Å².